The molecule has 3 nitrogen and oxygen atoms in total. The van der Waals surface area contributed by atoms with Crippen LogP contribution in [0, 0.1) is 0 Å². The van der Waals surface area contributed by atoms with Gasteiger partial charge in [0, 0.05) is 5.20 Å². The van der Waals surface area contributed by atoms with Crippen LogP contribution < -0.4 is 0 Å². The van der Waals surface area contributed by atoms with Crippen LogP contribution in [0.5, 0.6) is 0 Å². The number of hydrogen-bond acceptors (Lipinski definition) is 3. The van der Waals surface area contributed by atoms with E-state index < -0.39 is 23.8 Å². The van der Waals surface area contributed by atoms with E-state index in [2.05, 4.69) is 11.5 Å². The van der Waals surface area contributed by atoms with Crippen LogP contribution in [0.3, 0.4) is 0 Å². The van der Waals surface area contributed by atoms with Gasteiger partial charge >= 0.3 is 5.97 Å². The molecule has 0 aliphatic heterocycles. The van der Waals surface area contributed by atoms with Crippen molar-refractivity contribution >= 4 is 23.8 Å². The highest BCUT2D eigenvalue weighted by Gasteiger charge is 2.19. The van der Waals surface area contributed by atoms with Crippen molar-refractivity contribution in [1.29, 1.82) is 0 Å². The first-order chi connectivity index (χ1) is 5.37. The Hall–Kier alpha value is -0.396. The summed E-state index contributed by atoms with van der Waals surface area (Å²) in [6.07, 6.45) is 0. The predicted molar refractivity (Wildman–Crippen MR) is 54.1 cm³/mol. The maximum Gasteiger partial charge on any atom is 0.362 e. The van der Waals surface area contributed by atoms with Gasteiger partial charge < -0.3 is 4.89 Å². The highest BCUT2D eigenvalue weighted by Crippen LogP contribution is 2.04. The van der Waals surface area contributed by atoms with Gasteiger partial charge in [0.1, 0.15) is 0 Å². The molecule has 0 aromatic carbocycles. The van der Waals surface area contributed by atoms with E-state index in [4.69, 9.17) is 4.58 Å². The topological polar surface area (TPSA) is 35.5 Å². The highest BCUT2D eigenvalue weighted by atomic mass is 28.4. The van der Waals surface area contributed by atoms with Gasteiger partial charge in [-0.2, -0.15) is 0 Å². The smallest absolute Gasteiger partial charge is 0.305 e. The Morgan fingerprint density at radius 2 is 1.92 bits per heavy atom. The zero-order valence-electron chi connectivity index (χ0n) is 8.14. The summed E-state index contributed by atoms with van der Waals surface area (Å²) in [6, 6.07) is 0. The maximum atomic E-state index is 11.0. The van der Waals surface area contributed by atoms with Crippen molar-refractivity contribution in [1.82, 2.24) is 0 Å². The Labute approximate surface area is 76.6 Å². The molecule has 0 aromatic rings. The molecule has 0 unspecified atom stereocenters. The summed E-state index contributed by atoms with van der Waals surface area (Å²) in [7, 11) is -2.25. The van der Waals surface area contributed by atoms with E-state index in [9.17, 15) is 4.79 Å². The highest BCUT2D eigenvalue weighted by molar-refractivity contribution is 6.69. The third kappa shape index (κ3) is 5.28. The molecular formula is C7H16O3Si2. The lowest BCUT2D eigenvalue weighted by atomic mass is 10.7. The number of hydrogen-bond donors (Lipinski definition) is 0. The second kappa shape index (κ2) is 4.59. The molecule has 0 atom stereocenters. The van der Waals surface area contributed by atoms with Crippen LogP contribution in [-0.4, -0.2) is 23.8 Å². The van der Waals surface area contributed by atoms with Crippen molar-refractivity contribution in [3.63, 3.8) is 0 Å². The van der Waals surface area contributed by atoms with Gasteiger partial charge in [0.2, 0.25) is 8.32 Å². The summed E-state index contributed by atoms with van der Waals surface area (Å²) in [4.78, 5) is 15.6. The Bertz CT molecular complexity index is 184. The van der Waals surface area contributed by atoms with Crippen molar-refractivity contribution in [2.24, 2.45) is 0 Å². The standard InChI is InChI=1S/C7H16O3Si2/c1-6(11-2)7(8)9-10-12(3,4)5/h1,11H2,2-5H3. The molecule has 0 saturated carbocycles. The summed E-state index contributed by atoms with van der Waals surface area (Å²) in [5.41, 5.74) is 0. The molecule has 0 saturated heterocycles. The third-order valence-corrected chi connectivity index (χ3v) is 2.81. The maximum absolute atomic E-state index is 11.0. The molecule has 0 aromatic heterocycles. The fourth-order valence-electron chi connectivity index (χ4n) is 0.366. The molecule has 0 radical (unpaired) electrons. The quantitative estimate of drug-likeness (QED) is 0.297. The molecule has 0 aliphatic rings. The van der Waals surface area contributed by atoms with Crippen LogP contribution in [0.4, 0.5) is 0 Å². The van der Waals surface area contributed by atoms with Crippen molar-refractivity contribution in [3.05, 3.63) is 11.8 Å². The fourth-order valence-corrected chi connectivity index (χ4v) is 1.04. The molecule has 0 heterocycles. The van der Waals surface area contributed by atoms with Gasteiger partial charge in [0.05, 0.1) is 9.52 Å². The average Bonchev–Trinajstić information content (AvgIpc) is 1.97. The first-order valence-corrected chi connectivity index (χ1v) is 9.47. The zero-order chi connectivity index (χ0) is 9.78. The van der Waals surface area contributed by atoms with Gasteiger partial charge in [-0.05, 0) is 19.6 Å². The average molecular weight is 204 g/mol. The van der Waals surface area contributed by atoms with E-state index in [0.29, 0.717) is 5.20 Å². The van der Waals surface area contributed by atoms with E-state index in [1.165, 1.54) is 0 Å². The van der Waals surface area contributed by atoms with Crippen molar-refractivity contribution in [3.8, 4) is 0 Å². The van der Waals surface area contributed by atoms with Crippen molar-refractivity contribution < 1.29 is 14.3 Å². The van der Waals surface area contributed by atoms with Crippen molar-refractivity contribution in [2.45, 2.75) is 26.2 Å². The first kappa shape index (κ1) is 11.6. The second-order valence-corrected chi connectivity index (χ2v) is 9.48. The minimum Gasteiger partial charge on any atom is -0.305 e. The minimum atomic E-state index is -1.75. The Balaban J connectivity index is 3.80. The van der Waals surface area contributed by atoms with Gasteiger partial charge in [-0.3, -0.25) is 0 Å². The third-order valence-electron chi connectivity index (χ3n) is 1.08. The molecule has 0 spiro atoms. The van der Waals surface area contributed by atoms with Crippen LogP contribution in [-0.2, 0) is 14.3 Å². The summed E-state index contributed by atoms with van der Waals surface area (Å²) in [5.74, 6) is -0.397. The summed E-state index contributed by atoms with van der Waals surface area (Å²) in [6.45, 7) is 11.4. The Kier molecular flexibility index (Phi) is 4.43. The second-order valence-electron chi connectivity index (χ2n) is 3.52. The van der Waals surface area contributed by atoms with Crippen LogP contribution >= 0.6 is 0 Å². The lowest BCUT2D eigenvalue weighted by Gasteiger charge is -2.14. The summed E-state index contributed by atoms with van der Waals surface area (Å²) >= 11 is 0. The lowest BCUT2D eigenvalue weighted by molar-refractivity contribution is -0.213. The molecular weight excluding hydrogens is 188 g/mol. The molecule has 0 aliphatic carbocycles. The summed E-state index contributed by atoms with van der Waals surface area (Å²) in [5, 5.41) is 0.577. The number of carbonyl (C=O) groups is 1. The normalized spacial score (nSPS) is 12.0. The first-order valence-electron chi connectivity index (χ1n) is 3.94. The van der Waals surface area contributed by atoms with Gasteiger partial charge in [0.15, 0.2) is 0 Å². The van der Waals surface area contributed by atoms with Crippen LogP contribution in [0.2, 0.25) is 26.2 Å². The van der Waals surface area contributed by atoms with Crippen LogP contribution in [0.1, 0.15) is 0 Å². The molecule has 0 N–H and O–H groups in total. The largest absolute Gasteiger partial charge is 0.362 e. The molecule has 0 bridgehead atoms. The van der Waals surface area contributed by atoms with E-state index >= 15 is 0 Å². The molecule has 70 valence electrons. The fraction of sp³-hybridized carbons (Fsp3) is 0.571. The van der Waals surface area contributed by atoms with E-state index in [1.807, 2.05) is 26.2 Å². The predicted octanol–water partition coefficient (Wildman–Crippen LogP) is 1.03. The lowest BCUT2D eigenvalue weighted by Crippen LogP contribution is -2.27. The monoisotopic (exact) mass is 204 g/mol. The number of rotatable bonds is 4. The molecule has 5 heteroatoms. The summed E-state index contributed by atoms with van der Waals surface area (Å²) < 4.78 is 4.96. The van der Waals surface area contributed by atoms with Gasteiger partial charge in [-0.1, -0.05) is 13.1 Å². The molecule has 0 amide bonds. The number of carbonyl (C=O) groups excluding carboxylic acids is 1. The SMILES string of the molecule is C=C([SiH2]C)C(=O)OO[Si](C)(C)C. The van der Waals surface area contributed by atoms with Gasteiger partial charge in [-0.25, -0.2) is 9.37 Å². The Morgan fingerprint density at radius 3 is 2.25 bits per heavy atom. The van der Waals surface area contributed by atoms with Crippen LogP contribution in [0.15, 0.2) is 11.8 Å². The molecule has 0 fully saturated rings. The van der Waals surface area contributed by atoms with E-state index in [0.717, 1.165) is 0 Å². The Morgan fingerprint density at radius 1 is 1.42 bits per heavy atom. The minimum absolute atomic E-state index is 0.397. The van der Waals surface area contributed by atoms with Crippen molar-refractivity contribution in [2.75, 3.05) is 0 Å². The molecule has 0 rings (SSSR count). The van der Waals surface area contributed by atoms with Gasteiger partial charge in [-0.15, -0.1) is 0 Å². The van der Waals surface area contributed by atoms with E-state index in [1.54, 1.807) is 0 Å². The zero-order valence-corrected chi connectivity index (χ0v) is 10.6. The van der Waals surface area contributed by atoms with E-state index in [-0.39, 0.29) is 0 Å². The van der Waals surface area contributed by atoms with Gasteiger partial charge in [0.25, 0.3) is 0 Å². The van der Waals surface area contributed by atoms with Crippen LogP contribution in [0.25, 0.3) is 0 Å². The molecule has 12 heavy (non-hydrogen) atoms.